The summed E-state index contributed by atoms with van der Waals surface area (Å²) in [6, 6.07) is 11.6. The van der Waals surface area contributed by atoms with Gasteiger partial charge in [-0.1, -0.05) is 30.7 Å². The topological polar surface area (TPSA) is 48.5 Å². The summed E-state index contributed by atoms with van der Waals surface area (Å²) in [7, 11) is 0. The van der Waals surface area contributed by atoms with Crippen molar-refractivity contribution in [2.45, 2.75) is 13.3 Å². The second kappa shape index (κ2) is 9.01. The van der Waals surface area contributed by atoms with E-state index in [9.17, 15) is 4.79 Å². The predicted octanol–water partition coefficient (Wildman–Crippen LogP) is 3.17. The van der Waals surface area contributed by atoms with Gasteiger partial charge >= 0.3 is 0 Å². The molecule has 0 atom stereocenters. The minimum absolute atomic E-state index is 0.0197. The number of aromatic nitrogens is 1. The number of likely N-dealkylation sites (N-methyl/N-ethyl adjacent to an activating group) is 1. The molecule has 1 aromatic heterocycles. The lowest BCUT2D eigenvalue weighted by atomic mass is 10.1. The Balaban J connectivity index is 1.49. The van der Waals surface area contributed by atoms with E-state index in [-0.39, 0.29) is 5.91 Å². The lowest BCUT2D eigenvalue weighted by Gasteiger charge is -2.33. The van der Waals surface area contributed by atoms with E-state index in [2.05, 4.69) is 28.2 Å². The molecule has 138 valence electrons. The molecule has 2 heterocycles. The Kier molecular flexibility index (Phi) is 6.47. The molecule has 1 amide bonds. The highest BCUT2D eigenvalue weighted by molar-refractivity contribution is 6.30. The van der Waals surface area contributed by atoms with Crippen LogP contribution in [-0.4, -0.2) is 60.0 Å². The number of carbonyl (C=O) groups is 1. The number of amides is 1. The molecule has 0 saturated carbocycles. The monoisotopic (exact) mass is 372 g/mol. The molecule has 0 bridgehead atoms. The quantitative estimate of drug-likeness (QED) is 0.846. The van der Waals surface area contributed by atoms with Gasteiger partial charge in [0.1, 0.15) is 5.69 Å². The fraction of sp³-hybridized carbons (Fsp3) is 0.400. The molecule has 1 aliphatic rings. The van der Waals surface area contributed by atoms with E-state index >= 15 is 0 Å². The third-order valence-corrected chi connectivity index (χ3v) is 4.96. The highest BCUT2D eigenvalue weighted by atomic mass is 35.5. The second-order valence-corrected chi connectivity index (χ2v) is 6.90. The average molecular weight is 373 g/mol. The minimum Gasteiger partial charge on any atom is -0.383 e. The molecular formula is C20H25ClN4O. The Hall–Kier alpha value is -2.11. The summed E-state index contributed by atoms with van der Waals surface area (Å²) in [6.45, 7) is 7.39. The van der Waals surface area contributed by atoms with Crippen LogP contribution in [0.5, 0.6) is 0 Å². The van der Waals surface area contributed by atoms with E-state index in [1.165, 1.54) is 5.56 Å². The van der Waals surface area contributed by atoms with E-state index in [0.717, 1.165) is 56.4 Å². The lowest BCUT2D eigenvalue weighted by Crippen LogP contribution is -2.48. The zero-order valence-corrected chi connectivity index (χ0v) is 15.9. The van der Waals surface area contributed by atoms with Gasteiger partial charge in [0.25, 0.3) is 5.91 Å². The maximum atomic E-state index is 12.5. The lowest BCUT2D eigenvalue weighted by molar-refractivity contribution is 0.0637. The van der Waals surface area contributed by atoms with Crippen molar-refractivity contribution in [3.05, 3.63) is 58.9 Å². The first-order valence-electron chi connectivity index (χ1n) is 9.11. The first-order chi connectivity index (χ1) is 12.7. The minimum atomic E-state index is 0.0197. The van der Waals surface area contributed by atoms with Gasteiger partial charge < -0.3 is 15.1 Å². The summed E-state index contributed by atoms with van der Waals surface area (Å²) < 4.78 is 0. The fourth-order valence-corrected chi connectivity index (χ4v) is 3.31. The fourth-order valence-electron chi connectivity index (χ4n) is 3.10. The molecule has 26 heavy (non-hydrogen) atoms. The molecule has 6 heteroatoms. The maximum absolute atomic E-state index is 12.5. The summed E-state index contributed by atoms with van der Waals surface area (Å²) in [5, 5.41) is 4.09. The number of hydrogen-bond donors (Lipinski definition) is 1. The number of carbonyl (C=O) groups excluding carboxylic acids is 1. The predicted molar refractivity (Wildman–Crippen MR) is 106 cm³/mol. The van der Waals surface area contributed by atoms with Crippen LogP contribution in [0.25, 0.3) is 0 Å². The summed E-state index contributed by atoms with van der Waals surface area (Å²) in [5.74, 6) is 0.0197. The average Bonchev–Trinajstić information content (AvgIpc) is 2.68. The van der Waals surface area contributed by atoms with Gasteiger partial charge in [0.15, 0.2) is 0 Å². The van der Waals surface area contributed by atoms with Crippen LogP contribution in [0.4, 0.5) is 5.69 Å². The van der Waals surface area contributed by atoms with E-state index in [4.69, 9.17) is 11.6 Å². The number of anilines is 1. The summed E-state index contributed by atoms with van der Waals surface area (Å²) in [6.07, 6.45) is 2.61. The van der Waals surface area contributed by atoms with Gasteiger partial charge in [-0.3, -0.25) is 4.79 Å². The molecule has 1 fully saturated rings. The van der Waals surface area contributed by atoms with Crippen molar-refractivity contribution in [1.29, 1.82) is 0 Å². The van der Waals surface area contributed by atoms with E-state index in [0.29, 0.717) is 5.69 Å². The number of rotatable bonds is 6. The van der Waals surface area contributed by atoms with Gasteiger partial charge in [-0.15, -0.1) is 0 Å². The molecule has 1 N–H and O–H groups in total. The van der Waals surface area contributed by atoms with Crippen molar-refractivity contribution in [3.8, 4) is 0 Å². The third kappa shape index (κ3) is 4.96. The molecule has 0 unspecified atom stereocenters. The van der Waals surface area contributed by atoms with Crippen LogP contribution in [0.1, 0.15) is 23.0 Å². The normalized spacial score (nSPS) is 15.1. The number of benzene rings is 1. The molecule has 3 rings (SSSR count). The van der Waals surface area contributed by atoms with Crippen LogP contribution in [0.15, 0.2) is 42.6 Å². The van der Waals surface area contributed by atoms with Crippen molar-refractivity contribution in [1.82, 2.24) is 14.8 Å². The smallest absolute Gasteiger partial charge is 0.272 e. The summed E-state index contributed by atoms with van der Waals surface area (Å²) in [5.41, 5.74) is 2.62. The maximum Gasteiger partial charge on any atom is 0.272 e. The van der Waals surface area contributed by atoms with Gasteiger partial charge in [0.2, 0.25) is 0 Å². The molecule has 1 aromatic carbocycles. The van der Waals surface area contributed by atoms with Crippen LogP contribution < -0.4 is 5.32 Å². The van der Waals surface area contributed by atoms with E-state index in [1.54, 1.807) is 12.3 Å². The van der Waals surface area contributed by atoms with Crippen LogP contribution in [0.3, 0.4) is 0 Å². The molecule has 0 radical (unpaired) electrons. The molecule has 2 aromatic rings. The Morgan fingerprint density at radius 2 is 2.00 bits per heavy atom. The number of nitrogens with one attached hydrogen (secondary N) is 1. The van der Waals surface area contributed by atoms with Crippen LogP contribution >= 0.6 is 11.6 Å². The molecule has 0 spiro atoms. The van der Waals surface area contributed by atoms with Crippen molar-refractivity contribution in [2.75, 3.05) is 44.6 Å². The van der Waals surface area contributed by atoms with Crippen molar-refractivity contribution in [2.24, 2.45) is 0 Å². The Bertz CT molecular complexity index is 727. The van der Waals surface area contributed by atoms with E-state index < -0.39 is 0 Å². The van der Waals surface area contributed by atoms with Crippen LogP contribution in [-0.2, 0) is 6.42 Å². The third-order valence-electron chi connectivity index (χ3n) is 4.72. The number of nitrogens with zero attached hydrogens (tertiary/aromatic N) is 3. The zero-order valence-electron chi connectivity index (χ0n) is 15.1. The number of hydrogen-bond acceptors (Lipinski definition) is 4. The first-order valence-corrected chi connectivity index (χ1v) is 9.49. The summed E-state index contributed by atoms with van der Waals surface area (Å²) >= 11 is 6.00. The van der Waals surface area contributed by atoms with Gasteiger partial charge in [-0.05, 0) is 42.8 Å². The Morgan fingerprint density at radius 3 is 2.65 bits per heavy atom. The SMILES string of the molecule is CCN1CCN(C(=O)c2ccc(NCCc3cccc(Cl)c3)cn2)CC1. The number of halogens is 1. The largest absolute Gasteiger partial charge is 0.383 e. The number of piperazine rings is 1. The van der Waals surface area contributed by atoms with E-state index in [1.807, 2.05) is 29.2 Å². The first kappa shape index (κ1) is 18.7. The molecular weight excluding hydrogens is 348 g/mol. The van der Waals surface area contributed by atoms with Crippen LogP contribution in [0.2, 0.25) is 5.02 Å². The Labute approximate surface area is 160 Å². The molecule has 5 nitrogen and oxygen atoms in total. The number of pyridine rings is 1. The van der Waals surface area contributed by atoms with Gasteiger partial charge in [-0.2, -0.15) is 0 Å². The Morgan fingerprint density at radius 1 is 1.19 bits per heavy atom. The van der Waals surface area contributed by atoms with Gasteiger partial charge in [0.05, 0.1) is 11.9 Å². The van der Waals surface area contributed by atoms with Crippen LogP contribution in [0, 0.1) is 0 Å². The van der Waals surface area contributed by atoms with Gasteiger partial charge in [-0.25, -0.2) is 4.98 Å². The molecule has 0 aliphatic carbocycles. The highest BCUT2D eigenvalue weighted by Gasteiger charge is 2.21. The second-order valence-electron chi connectivity index (χ2n) is 6.47. The highest BCUT2D eigenvalue weighted by Crippen LogP contribution is 2.13. The summed E-state index contributed by atoms with van der Waals surface area (Å²) in [4.78, 5) is 21.1. The van der Waals surface area contributed by atoms with Crippen molar-refractivity contribution >= 4 is 23.2 Å². The van der Waals surface area contributed by atoms with Crippen molar-refractivity contribution in [3.63, 3.8) is 0 Å². The van der Waals surface area contributed by atoms with Gasteiger partial charge in [0, 0.05) is 37.7 Å². The standard InChI is InChI=1S/C20H25ClN4O/c1-2-24-10-12-25(13-11-24)20(26)19-7-6-18(15-23-19)22-9-8-16-4-3-5-17(21)14-16/h3-7,14-15,22H,2,8-13H2,1H3. The molecule has 1 aliphatic heterocycles. The molecule has 1 saturated heterocycles. The van der Waals surface area contributed by atoms with Crippen molar-refractivity contribution < 1.29 is 4.79 Å². The zero-order chi connectivity index (χ0) is 18.4.